The van der Waals surface area contributed by atoms with Crippen molar-refractivity contribution in [2.24, 2.45) is 0 Å². The lowest BCUT2D eigenvalue weighted by atomic mass is 10.3. The third kappa shape index (κ3) is 3.76. The van der Waals surface area contributed by atoms with Crippen molar-refractivity contribution in [3.63, 3.8) is 0 Å². The summed E-state index contributed by atoms with van der Waals surface area (Å²) in [6, 6.07) is 14.8. The Morgan fingerprint density at radius 1 is 1.05 bits per heavy atom. The van der Waals surface area contributed by atoms with Crippen molar-refractivity contribution in [2.45, 2.75) is 42.4 Å². The molecule has 1 heterocycles. The van der Waals surface area contributed by atoms with Gasteiger partial charge in [0, 0.05) is 22.0 Å². The van der Waals surface area contributed by atoms with Crippen LogP contribution in [-0.4, -0.2) is 10.2 Å². The van der Waals surface area contributed by atoms with Crippen LogP contribution in [0.3, 0.4) is 0 Å². The Labute approximate surface area is 125 Å². The van der Waals surface area contributed by atoms with Gasteiger partial charge < -0.3 is 5.32 Å². The molecule has 20 heavy (non-hydrogen) atoms. The fraction of sp³-hybridized carbons (Fsp3) is 0.353. The lowest BCUT2D eigenvalue weighted by Gasteiger charge is -2.10. The molecule has 2 aromatic rings. The van der Waals surface area contributed by atoms with E-state index in [9.17, 15) is 0 Å². The quantitative estimate of drug-likeness (QED) is 0.859. The highest BCUT2D eigenvalue weighted by molar-refractivity contribution is 8.00. The van der Waals surface area contributed by atoms with Gasteiger partial charge in [-0.25, -0.2) is 0 Å². The zero-order valence-corrected chi connectivity index (χ0v) is 12.4. The normalized spacial score (nSPS) is 15.4. The largest absolute Gasteiger partial charge is 0.379 e. The van der Waals surface area contributed by atoms with Gasteiger partial charge in [0.15, 0.2) is 0 Å². The molecular formula is C17H20N2S. The van der Waals surface area contributed by atoms with Crippen LogP contribution in [-0.2, 0) is 6.54 Å². The summed E-state index contributed by atoms with van der Waals surface area (Å²) in [6.45, 7) is 0.774. The van der Waals surface area contributed by atoms with Crippen LogP contribution in [0.5, 0.6) is 0 Å². The van der Waals surface area contributed by atoms with Crippen LogP contribution in [0, 0.1) is 0 Å². The minimum atomic E-state index is 0.774. The molecular weight excluding hydrogens is 264 g/mol. The molecule has 3 rings (SSSR count). The molecule has 0 amide bonds. The van der Waals surface area contributed by atoms with Crippen LogP contribution < -0.4 is 5.32 Å². The van der Waals surface area contributed by atoms with E-state index in [0.717, 1.165) is 23.2 Å². The molecule has 1 aliphatic rings. The number of hydrogen-bond acceptors (Lipinski definition) is 3. The standard InChI is InChI=1S/C17H20N2S/c1-2-7-16(6-1)20-17-10-8-14(9-11-17)19-13-15-5-3-4-12-18-15/h3-5,8-12,16,19H,1-2,6-7,13H2. The Hall–Kier alpha value is -1.48. The van der Waals surface area contributed by atoms with E-state index in [1.54, 1.807) is 0 Å². The molecule has 0 bridgehead atoms. The molecule has 2 nitrogen and oxygen atoms in total. The summed E-state index contributed by atoms with van der Waals surface area (Å²) in [5.41, 5.74) is 2.23. The second-order valence-electron chi connectivity index (χ2n) is 5.22. The number of anilines is 1. The summed E-state index contributed by atoms with van der Waals surface area (Å²) in [4.78, 5) is 5.70. The molecule has 1 aromatic carbocycles. The number of thioether (sulfide) groups is 1. The van der Waals surface area contributed by atoms with Crippen molar-refractivity contribution in [1.82, 2.24) is 4.98 Å². The van der Waals surface area contributed by atoms with Crippen LogP contribution in [0.1, 0.15) is 31.4 Å². The first-order chi connectivity index (χ1) is 9.90. The molecule has 1 aliphatic carbocycles. The predicted molar refractivity (Wildman–Crippen MR) is 86.1 cm³/mol. The van der Waals surface area contributed by atoms with Gasteiger partial charge in [-0.15, -0.1) is 11.8 Å². The highest BCUT2D eigenvalue weighted by atomic mass is 32.2. The highest BCUT2D eigenvalue weighted by Crippen LogP contribution is 2.34. The van der Waals surface area contributed by atoms with Crippen molar-refractivity contribution in [1.29, 1.82) is 0 Å². The van der Waals surface area contributed by atoms with Crippen molar-refractivity contribution < 1.29 is 0 Å². The second-order valence-corrected chi connectivity index (χ2v) is 6.60. The molecule has 1 fully saturated rings. The first kappa shape index (κ1) is 13.5. The maximum atomic E-state index is 4.31. The molecule has 0 saturated heterocycles. The van der Waals surface area contributed by atoms with Crippen LogP contribution in [0.25, 0.3) is 0 Å². The molecule has 0 spiro atoms. The van der Waals surface area contributed by atoms with Crippen molar-refractivity contribution in [3.8, 4) is 0 Å². The van der Waals surface area contributed by atoms with E-state index < -0.39 is 0 Å². The van der Waals surface area contributed by atoms with Crippen molar-refractivity contribution >= 4 is 17.4 Å². The summed E-state index contributed by atoms with van der Waals surface area (Å²) in [6.07, 6.45) is 7.40. The Morgan fingerprint density at radius 2 is 1.85 bits per heavy atom. The van der Waals surface area contributed by atoms with E-state index >= 15 is 0 Å². The number of nitrogens with zero attached hydrogens (tertiary/aromatic N) is 1. The minimum absolute atomic E-state index is 0.774. The second kappa shape index (κ2) is 6.80. The van der Waals surface area contributed by atoms with Gasteiger partial charge in [0.1, 0.15) is 0 Å². The third-order valence-electron chi connectivity index (χ3n) is 3.66. The smallest absolute Gasteiger partial charge is 0.0594 e. The highest BCUT2D eigenvalue weighted by Gasteiger charge is 2.15. The number of benzene rings is 1. The first-order valence-electron chi connectivity index (χ1n) is 7.31. The number of aromatic nitrogens is 1. The molecule has 0 aliphatic heterocycles. The fourth-order valence-electron chi connectivity index (χ4n) is 2.55. The lowest BCUT2D eigenvalue weighted by molar-refractivity contribution is 0.886. The summed E-state index contributed by atoms with van der Waals surface area (Å²) < 4.78 is 0. The van der Waals surface area contributed by atoms with Crippen molar-refractivity contribution in [2.75, 3.05) is 5.32 Å². The zero-order chi connectivity index (χ0) is 13.6. The summed E-state index contributed by atoms with van der Waals surface area (Å²) in [5.74, 6) is 0. The Bertz CT molecular complexity index is 518. The van der Waals surface area contributed by atoms with Gasteiger partial charge in [-0.3, -0.25) is 4.98 Å². The average molecular weight is 284 g/mol. The lowest BCUT2D eigenvalue weighted by Crippen LogP contribution is -2.00. The Morgan fingerprint density at radius 3 is 2.55 bits per heavy atom. The van der Waals surface area contributed by atoms with E-state index in [2.05, 4.69) is 34.6 Å². The maximum Gasteiger partial charge on any atom is 0.0594 e. The molecule has 3 heteroatoms. The minimum Gasteiger partial charge on any atom is -0.379 e. The molecule has 0 unspecified atom stereocenters. The van der Waals surface area contributed by atoms with E-state index in [-0.39, 0.29) is 0 Å². The zero-order valence-electron chi connectivity index (χ0n) is 11.6. The summed E-state index contributed by atoms with van der Waals surface area (Å²) in [7, 11) is 0. The Kier molecular flexibility index (Phi) is 4.59. The van der Waals surface area contributed by atoms with Gasteiger partial charge in [-0.2, -0.15) is 0 Å². The molecule has 0 radical (unpaired) electrons. The van der Waals surface area contributed by atoms with Gasteiger partial charge in [-0.1, -0.05) is 18.9 Å². The average Bonchev–Trinajstić information content (AvgIpc) is 3.01. The van der Waals surface area contributed by atoms with Crippen LogP contribution in [0.15, 0.2) is 53.6 Å². The Balaban J connectivity index is 1.53. The number of nitrogens with one attached hydrogen (secondary N) is 1. The molecule has 0 atom stereocenters. The van der Waals surface area contributed by atoms with Gasteiger partial charge >= 0.3 is 0 Å². The van der Waals surface area contributed by atoms with Crippen LogP contribution >= 0.6 is 11.8 Å². The number of hydrogen-bond donors (Lipinski definition) is 1. The molecule has 1 N–H and O–H groups in total. The topological polar surface area (TPSA) is 24.9 Å². The molecule has 1 aromatic heterocycles. The van der Waals surface area contributed by atoms with Gasteiger partial charge in [-0.05, 0) is 49.2 Å². The van der Waals surface area contributed by atoms with Gasteiger partial charge in [0.2, 0.25) is 0 Å². The van der Waals surface area contributed by atoms with Gasteiger partial charge in [0.25, 0.3) is 0 Å². The van der Waals surface area contributed by atoms with Gasteiger partial charge in [0.05, 0.1) is 12.2 Å². The summed E-state index contributed by atoms with van der Waals surface area (Å²) >= 11 is 2.03. The maximum absolute atomic E-state index is 4.31. The summed E-state index contributed by atoms with van der Waals surface area (Å²) in [5, 5.41) is 4.25. The van der Waals surface area contributed by atoms with Crippen LogP contribution in [0.4, 0.5) is 5.69 Å². The SMILES string of the molecule is c1ccc(CNc2ccc(SC3CCCC3)cc2)nc1. The van der Waals surface area contributed by atoms with E-state index in [1.807, 2.05) is 36.2 Å². The number of rotatable bonds is 5. The third-order valence-corrected chi connectivity index (χ3v) is 5.01. The van der Waals surface area contributed by atoms with E-state index in [0.29, 0.717) is 0 Å². The predicted octanol–water partition coefficient (Wildman–Crippen LogP) is 4.73. The van der Waals surface area contributed by atoms with Crippen LogP contribution in [0.2, 0.25) is 0 Å². The first-order valence-corrected chi connectivity index (χ1v) is 8.18. The fourth-order valence-corrected chi connectivity index (χ4v) is 3.79. The molecule has 104 valence electrons. The molecule has 1 saturated carbocycles. The van der Waals surface area contributed by atoms with E-state index in [4.69, 9.17) is 0 Å². The van der Waals surface area contributed by atoms with Crippen molar-refractivity contribution in [3.05, 3.63) is 54.4 Å². The number of pyridine rings is 1. The van der Waals surface area contributed by atoms with E-state index in [1.165, 1.54) is 30.6 Å². The monoisotopic (exact) mass is 284 g/mol.